The molecule has 1 aromatic rings. The van der Waals surface area contributed by atoms with E-state index in [9.17, 15) is 0 Å². The van der Waals surface area contributed by atoms with Crippen LogP contribution in [0, 0.1) is 0 Å². The van der Waals surface area contributed by atoms with Gasteiger partial charge in [0.1, 0.15) is 0 Å². The van der Waals surface area contributed by atoms with Crippen LogP contribution in [0.1, 0.15) is 37.6 Å². The van der Waals surface area contributed by atoms with Crippen LogP contribution in [0.4, 0.5) is 0 Å². The Bertz CT molecular complexity index is 435. The average Bonchev–Trinajstić information content (AvgIpc) is 2.58. The summed E-state index contributed by atoms with van der Waals surface area (Å²) in [5.74, 6) is 0. The summed E-state index contributed by atoms with van der Waals surface area (Å²) in [6.45, 7) is 4.07. The van der Waals surface area contributed by atoms with Gasteiger partial charge in [-0.1, -0.05) is 6.92 Å². The predicted molar refractivity (Wildman–Crippen MR) is 82.3 cm³/mol. The molecule has 1 N–H and O–H groups in total. The molecule has 5 heteroatoms. The van der Waals surface area contributed by atoms with E-state index in [1.165, 1.54) is 25.0 Å². The van der Waals surface area contributed by atoms with Crippen LogP contribution >= 0.6 is 15.9 Å². The molecule has 0 amide bonds. The van der Waals surface area contributed by atoms with Crippen molar-refractivity contribution < 1.29 is 0 Å². The van der Waals surface area contributed by atoms with E-state index < -0.39 is 0 Å². The molecule has 1 saturated carbocycles. The highest BCUT2D eigenvalue weighted by molar-refractivity contribution is 9.10. The van der Waals surface area contributed by atoms with Crippen LogP contribution < -0.4 is 5.32 Å². The molecule has 1 aliphatic rings. The molecule has 0 unspecified atom stereocenters. The van der Waals surface area contributed by atoms with Crippen molar-refractivity contribution in [2.75, 3.05) is 20.6 Å². The Labute approximate surface area is 124 Å². The lowest BCUT2D eigenvalue weighted by Crippen LogP contribution is -2.56. The molecule has 19 heavy (non-hydrogen) atoms. The first-order valence-electron chi connectivity index (χ1n) is 7.08. The molecule has 1 aromatic heterocycles. The maximum absolute atomic E-state index is 4.53. The highest BCUT2D eigenvalue weighted by atomic mass is 79.9. The normalized spacial score (nSPS) is 17.8. The van der Waals surface area contributed by atoms with E-state index in [0.717, 1.165) is 29.7 Å². The van der Waals surface area contributed by atoms with Gasteiger partial charge in [-0.2, -0.15) is 5.10 Å². The fourth-order valence-corrected chi connectivity index (χ4v) is 3.55. The summed E-state index contributed by atoms with van der Waals surface area (Å²) in [4.78, 5) is 2.37. The number of aromatic nitrogens is 2. The first-order valence-corrected chi connectivity index (χ1v) is 7.88. The summed E-state index contributed by atoms with van der Waals surface area (Å²) in [6.07, 6.45) is 4.94. The van der Waals surface area contributed by atoms with Gasteiger partial charge in [-0.15, -0.1) is 0 Å². The Morgan fingerprint density at radius 3 is 2.53 bits per heavy atom. The molecule has 0 saturated heterocycles. The summed E-state index contributed by atoms with van der Waals surface area (Å²) in [6, 6.07) is 0. The minimum atomic E-state index is 0.374. The SMILES string of the molecule is CCc1nn(C)c(CNCC2(N(C)C)CCC2)c1Br. The fourth-order valence-electron chi connectivity index (χ4n) is 2.79. The first kappa shape index (κ1) is 15.0. The number of hydrogen-bond donors (Lipinski definition) is 1. The highest BCUT2D eigenvalue weighted by Gasteiger charge is 2.38. The largest absolute Gasteiger partial charge is 0.309 e. The second-order valence-electron chi connectivity index (χ2n) is 5.76. The van der Waals surface area contributed by atoms with Crippen molar-refractivity contribution in [3.05, 3.63) is 15.9 Å². The van der Waals surface area contributed by atoms with Gasteiger partial charge in [0.25, 0.3) is 0 Å². The summed E-state index contributed by atoms with van der Waals surface area (Å²) in [7, 11) is 6.40. The molecule has 0 aliphatic heterocycles. The molecular weight excluding hydrogens is 304 g/mol. The van der Waals surface area contributed by atoms with Crippen molar-refractivity contribution in [2.24, 2.45) is 7.05 Å². The van der Waals surface area contributed by atoms with E-state index >= 15 is 0 Å². The van der Waals surface area contributed by atoms with Gasteiger partial charge in [0.2, 0.25) is 0 Å². The molecule has 0 aromatic carbocycles. The smallest absolute Gasteiger partial charge is 0.0767 e. The Morgan fingerprint density at radius 2 is 2.11 bits per heavy atom. The van der Waals surface area contributed by atoms with Crippen LogP contribution in [0.5, 0.6) is 0 Å². The molecular formula is C14H25BrN4. The van der Waals surface area contributed by atoms with Crippen LogP contribution in [0.25, 0.3) is 0 Å². The van der Waals surface area contributed by atoms with Crippen molar-refractivity contribution in [1.29, 1.82) is 0 Å². The van der Waals surface area contributed by atoms with Crippen molar-refractivity contribution in [3.8, 4) is 0 Å². The van der Waals surface area contributed by atoms with Gasteiger partial charge in [0, 0.05) is 25.7 Å². The van der Waals surface area contributed by atoms with Crippen molar-refractivity contribution >= 4 is 15.9 Å². The van der Waals surface area contributed by atoms with Gasteiger partial charge in [0.05, 0.1) is 15.9 Å². The molecule has 1 heterocycles. The minimum absolute atomic E-state index is 0.374. The number of hydrogen-bond acceptors (Lipinski definition) is 3. The fraction of sp³-hybridized carbons (Fsp3) is 0.786. The number of nitrogens with one attached hydrogen (secondary N) is 1. The Balaban J connectivity index is 1.94. The third-order valence-corrected chi connectivity index (χ3v) is 5.40. The molecule has 0 bridgehead atoms. The van der Waals surface area contributed by atoms with E-state index in [1.54, 1.807) is 0 Å². The van der Waals surface area contributed by atoms with Gasteiger partial charge in [-0.3, -0.25) is 4.68 Å². The molecule has 4 nitrogen and oxygen atoms in total. The first-order chi connectivity index (χ1) is 9.00. The maximum Gasteiger partial charge on any atom is 0.0767 e. The summed E-state index contributed by atoms with van der Waals surface area (Å²) in [5, 5.41) is 8.14. The zero-order valence-electron chi connectivity index (χ0n) is 12.5. The van der Waals surface area contributed by atoms with Crippen molar-refractivity contribution in [1.82, 2.24) is 20.0 Å². The lowest BCUT2D eigenvalue weighted by Gasteiger charge is -2.47. The van der Waals surface area contributed by atoms with Crippen LogP contribution in [-0.4, -0.2) is 40.9 Å². The summed E-state index contributed by atoms with van der Waals surface area (Å²) < 4.78 is 3.15. The zero-order valence-corrected chi connectivity index (χ0v) is 14.0. The topological polar surface area (TPSA) is 33.1 Å². The van der Waals surface area contributed by atoms with Crippen molar-refractivity contribution in [3.63, 3.8) is 0 Å². The molecule has 0 radical (unpaired) electrons. The molecule has 2 rings (SSSR count). The monoisotopic (exact) mass is 328 g/mol. The Hall–Kier alpha value is -0.390. The highest BCUT2D eigenvalue weighted by Crippen LogP contribution is 2.35. The van der Waals surface area contributed by atoms with E-state index in [1.807, 2.05) is 11.7 Å². The van der Waals surface area contributed by atoms with Gasteiger partial charge in [0.15, 0.2) is 0 Å². The standard InChI is InChI=1S/C14H25BrN4/c1-5-11-13(15)12(19(4)17-11)9-16-10-14(18(2)3)7-6-8-14/h16H,5-10H2,1-4H3. The lowest BCUT2D eigenvalue weighted by atomic mass is 9.75. The second-order valence-corrected chi connectivity index (χ2v) is 6.55. The van der Waals surface area contributed by atoms with E-state index in [4.69, 9.17) is 0 Å². The van der Waals surface area contributed by atoms with Gasteiger partial charge < -0.3 is 10.2 Å². The maximum atomic E-state index is 4.53. The number of likely N-dealkylation sites (N-methyl/N-ethyl adjacent to an activating group) is 1. The third-order valence-electron chi connectivity index (χ3n) is 4.48. The van der Waals surface area contributed by atoms with Gasteiger partial charge in [-0.05, 0) is 55.7 Å². The second kappa shape index (κ2) is 5.94. The van der Waals surface area contributed by atoms with Gasteiger partial charge >= 0.3 is 0 Å². The predicted octanol–water partition coefficient (Wildman–Crippen LogP) is 2.32. The minimum Gasteiger partial charge on any atom is -0.309 e. The van der Waals surface area contributed by atoms with Crippen LogP contribution in [0.3, 0.4) is 0 Å². The number of nitrogens with zero attached hydrogens (tertiary/aromatic N) is 3. The molecule has 0 spiro atoms. The number of halogens is 1. The quantitative estimate of drug-likeness (QED) is 0.869. The average molecular weight is 329 g/mol. The van der Waals surface area contributed by atoms with E-state index in [2.05, 4.69) is 52.3 Å². The Kier molecular flexibility index (Phi) is 4.69. The number of rotatable bonds is 6. The Morgan fingerprint density at radius 1 is 1.42 bits per heavy atom. The van der Waals surface area contributed by atoms with Crippen LogP contribution in [0.15, 0.2) is 4.47 Å². The van der Waals surface area contributed by atoms with E-state index in [-0.39, 0.29) is 0 Å². The third kappa shape index (κ3) is 2.88. The summed E-state index contributed by atoms with van der Waals surface area (Å²) in [5.41, 5.74) is 2.76. The summed E-state index contributed by atoms with van der Waals surface area (Å²) >= 11 is 3.67. The number of aryl methyl sites for hydroxylation is 2. The molecule has 108 valence electrons. The van der Waals surface area contributed by atoms with E-state index in [0.29, 0.717) is 5.54 Å². The zero-order chi connectivity index (χ0) is 14.0. The molecule has 0 atom stereocenters. The van der Waals surface area contributed by atoms with Crippen LogP contribution in [0.2, 0.25) is 0 Å². The lowest BCUT2D eigenvalue weighted by molar-refractivity contribution is 0.0596. The molecule has 1 fully saturated rings. The van der Waals surface area contributed by atoms with Crippen molar-refractivity contribution in [2.45, 2.75) is 44.7 Å². The molecule has 1 aliphatic carbocycles. The van der Waals surface area contributed by atoms with Crippen LogP contribution in [-0.2, 0) is 20.0 Å². The van der Waals surface area contributed by atoms with Gasteiger partial charge in [-0.25, -0.2) is 0 Å².